The van der Waals surface area contributed by atoms with Gasteiger partial charge in [0.2, 0.25) is 5.82 Å². The van der Waals surface area contributed by atoms with Crippen molar-refractivity contribution in [2.24, 2.45) is 5.11 Å². The van der Waals surface area contributed by atoms with Gasteiger partial charge < -0.3 is 0 Å². The van der Waals surface area contributed by atoms with Crippen LogP contribution in [-0.4, -0.2) is 10.3 Å². The van der Waals surface area contributed by atoms with Gasteiger partial charge in [-0.3, -0.25) is 0 Å². The second-order valence-electron chi connectivity index (χ2n) is 0.877. The zero-order chi connectivity index (χ0) is 5.11. The number of hydrogen-bond acceptors (Lipinski definition) is 5. The van der Waals surface area contributed by atoms with Crippen LogP contribution >= 0.6 is 0 Å². The number of aromatic nitrogens is 2. The van der Waals surface area contributed by atoms with E-state index in [1.165, 1.54) is 6.20 Å². The first-order valence-corrected chi connectivity index (χ1v) is 1.58. The number of nitrogens with zero attached hydrogens (tertiary/aromatic N) is 3. The highest BCUT2D eigenvalue weighted by Crippen LogP contribution is 1.99. The molecule has 1 heterocycles. The van der Waals surface area contributed by atoms with E-state index < -0.39 is 0 Å². The lowest BCUT2D eigenvalue weighted by Gasteiger charge is -1.62. The molecule has 0 bridgehead atoms. The molecule has 7 heavy (non-hydrogen) atoms. The van der Waals surface area contributed by atoms with Crippen LogP contribution in [0.2, 0.25) is 0 Å². The third-order valence-electron chi connectivity index (χ3n) is 0.464. The lowest BCUT2D eigenvalue weighted by molar-refractivity contribution is 0.308. The molecule has 0 radical (unpaired) electrons. The van der Waals surface area contributed by atoms with Gasteiger partial charge in [0.05, 0.1) is 0 Å². The van der Waals surface area contributed by atoms with E-state index in [9.17, 15) is 0 Å². The number of rotatable bonds is 1. The van der Waals surface area contributed by atoms with Crippen LogP contribution in [-0.2, 0) is 0 Å². The largest absolute Gasteiger partial charge is 0.242 e. The molecule has 0 aliphatic carbocycles. The molecule has 0 saturated heterocycles. The molecular formula is C2H2N4O. The van der Waals surface area contributed by atoms with Crippen LogP contribution < -0.4 is 0 Å². The Morgan fingerprint density at radius 3 is 3.00 bits per heavy atom. The molecule has 0 spiro atoms. The second kappa shape index (κ2) is 1.46. The summed E-state index contributed by atoms with van der Waals surface area (Å²) in [4.78, 5) is 0. The van der Waals surface area contributed by atoms with E-state index in [0.717, 1.165) is 0 Å². The van der Waals surface area contributed by atoms with Crippen molar-refractivity contribution in [3.05, 3.63) is 6.20 Å². The summed E-state index contributed by atoms with van der Waals surface area (Å²) in [5.41, 5.74) is 6.32. The summed E-state index contributed by atoms with van der Waals surface area (Å²) >= 11 is 0. The molecule has 0 amide bonds. The fourth-order valence-electron chi connectivity index (χ4n) is 0.209. The van der Waals surface area contributed by atoms with E-state index >= 15 is 0 Å². The highest BCUT2D eigenvalue weighted by molar-refractivity contribution is 5.14. The summed E-state index contributed by atoms with van der Waals surface area (Å²) in [6, 6.07) is 0. The van der Waals surface area contributed by atoms with E-state index in [-0.39, 0.29) is 5.82 Å². The van der Waals surface area contributed by atoms with Gasteiger partial charge >= 0.3 is 0 Å². The van der Waals surface area contributed by atoms with Gasteiger partial charge in [-0.1, -0.05) is 5.16 Å². The van der Waals surface area contributed by atoms with Gasteiger partial charge in [0.1, 0.15) is 6.20 Å². The predicted molar refractivity (Wildman–Crippen MR) is 19.1 cm³/mol. The smallest absolute Gasteiger partial charge is 0.237 e. The molecule has 5 heteroatoms. The third kappa shape index (κ3) is 0.594. The molecule has 36 valence electrons. The van der Waals surface area contributed by atoms with Crippen LogP contribution in [0.4, 0.5) is 5.82 Å². The SMILES string of the molecule is N=Nc1cnon1. The van der Waals surface area contributed by atoms with Gasteiger partial charge in [0, 0.05) is 0 Å². The first-order valence-electron chi connectivity index (χ1n) is 1.58. The minimum atomic E-state index is 0.194. The molecule has 1 aromatic rings. The van der Waals surface area contributed by atoms with Crippen LogP contribution in [0.3, 0.4) is 0 Å². The first kappa shape index (κ1) is 3.91. The average molecular weight is 98.1 g/mol. The molecule has 0 aliphatic heterocycles. The average Bonchev–Trinajstić information content (AvgIpc) is 2.14. The molecule has 0 saturated carbocycles. The van der Waals surface area contributed by atoms with Crippen molar-refractivity contribution in [1.82, 2.24) is 10.3 Å². The summed E-state index contributed by atoms with van der Waals surface area (Å²) < 4.78 is 4.09. The van der Waals surface area contributed by atoms with Crippen molar-refractivity contribution in [1.29, 1.82) is 5.53 Å². The van der Waals surface area contributed by atoms with E-state index in [4.69, 9.17) is 5.53 Å². The molecule has 1 rings (SSSR count). The highest BCUT2D eigenvalue weighted by Gasteiger charge is 1.87. The maximum absolute atomic E-state index is 6.32. The Morgan fingerprint density at radius 1 is 1.86 bits per heavy atom. The summed E-state index contributed by atoms with van der Waals surface area (Å²) in [5, 5.41) is 9.30. The minimum absolute atomic E-state index is 0.194. The summed E-state index contributed by atoms with van der Waals surface area (Å²) in [7, 11) is 0. The lowest BCUT2D eigenvalue weighted by Crippen LogP contribution is -1.51. The monoisotopic (exact) mass is 98.0 g/mol. The first-order chi connectivity index (χ1) is 3.43. The second-order valence-corrected chi connectivity index (χ2v) is 0.877. The Bertz CT molecular complexity index is 145. The van der Waals surface area contributed by atoms with Crippen LogP contribution in [0.5, 0.6) is 0 Å². The van der Waals surface area contributed by atoms with E-state index in [2.05, 4.69) is 20.1 Å². The molecule has 0 atom stereocenters. The Hall–Kier alpha value is -1.26. The Morgan fingerprint density at radius 2 is 2.71 bits per heavy atom. The fourth-order valence-corrected chi connectivity index (χ4v) is 0.209. The number of nitrogens with one attached hydrogen (secondary N) is 1. The molecule has 0 aromatic carbocycles. The van der Waals surface area contributed by atoms with Crippen LogP contribution in [0, 0.1) is 5.53 Å². The lowest BCUT2D eigenvalue weighted by atomic mass is 10.8. The molecule has 0 aliphatic rings. The van der Waals surface area contributed by atoms with Gasteiger partial charge in [-0.25, -0.2) is 10.2 Å². The van der Waals surface area contributed by atoms with Crippen molar-refractivity contribution in [3.8, 4) is 0 Å². The van der Waals surface area contributed by atoms with Crippen LogP contribution in [0.25, 0.3) is 0 Å². The van der Waals surface area contributed by atoms with Gasteiger partial charge in [0.15, 0.2) is 0 Å². The molecule has 5 nitrogen and oxygen atoms in total. The predicted octanol–water partition coefficient (Wildman–Crippen LogP) is 0.732. The maximum Gasteiger partial charge on any atom is 0.237 e. The normalized spacial score (nSPS) is 8.57. The van der Waals surface area contributed by atoms with Crippen molar-refractivity contribution >= 4 is 5.82 Å². The Balaban J connectivity index is 2.96. The zero-order valence-electron chi connectivity index (χ0n) is 3.33. The van der Waals surface area contributed by atoms with Crippen molar-refractivity contribution < 1.29 is 4.63 Å². The van der Waals surface area contributed by atoms with Crippen molar-refractivity contribution in [2.45, 2.75) is 0 Å². The molecule has 1 aromatic heterocycles. The Labute approximate surface area is 38.8 Å². The van der Waals surface area contributed by atoms with Gasteiger partial charge in [-0.15, -0.1) is 5.11 Å². The third-order valence-corrected chi connectivity index (χ3v) is 0.464. The van der Waals surface area contributed by atoms with Crippen molar-refractivity contribution in [2.75, 3.05) is 0 Å². The quantitative estimate of drug-likeness (QED) is 0.526. The standard InChI is InChI=1S/C2H2N4O/c3-5-2-1-4-7-6-2/h1,3H. The molecule has 0 fully saturated rings. The summed E-state index contributed by atoms with van der Waals surface area (Å²) in [6.07, 6.45) is 1.26. The molecular weight excluding hydrogens is 96.0 g/mol. The number of hydrogen-bond donors (Lipinski definition) is 1. The molecule has 0 unspecified atom stereocenters. The van der Waals surface area contributed by atoms with Gasteiger partial charge in [0.25, 0.3) is 0 Å². The van der Waals surface area contributed by atoms with Gasteiger partial charge in [-0.05, 0) is 5.16 Å². The zero-order valence-corrected chi connectivity index (χ0v) is 3.33. The van der Waals surface area contributed by atoms with Crippen LogP contribution in [0.15, 0.2) is 15.9 Å². The van der Waals surface area contributed by atoms with E-state index in [1.54, 1.807) is 0 Å². The maximum atomic E-state index is 6.32. The minimum Gasteiger partial charge on any atom is -0.242 e. The summed E-state index contributed by atoms with van der Waals surface area (Å²) in [5.74, 6) is 0.194. The fraction of sp³-hybridized carbons (Fsp3) is 0. The topological polar surface area (TPSA) is 75.1 Å². The van der Waals surface area contributed by atoms with Crippen LogP contribution in [0.1, 0.15) is 0 Å². The summed E-state index contributed by atoms with van der Waals surface area (Å²) in [6.45, 7) is 0. The van der Waals surface area contributed by atoms with E-state index in [1.807, 2.05) is 0 Å². The molecule has 1 N–H and O–H groups in total. The Kier molecular flexibility index (Phi) is 0.816. The highest BCUT2D eigenvalue weighted by atomic mass is 16.6. The van der Waals surface area contributed by atoms with E-state index in [0.29, 0.717) is 0 Å². The van der Waals surface area contributed by atoms with Crippen molar-refractivity contribution in [3.63, 3.8) is 0 Å². The van der Waals surface area contributed by atoms with Gasteiger partial charge in [-0.2, -0.15) is 0 Å².